The molecule has 228 valence electrons. The van der Waals surface area contributed by atoms with Crippen molar-refractivity contribution >= 4 is 39.9 Å². The Hall–Kier alpha value is -4.34. The molecule has 0 fully saturated rings. The topological polar surface area (TPSA) is 114 Å². The van der Waals surface area contributed by atoms with Crippen molar-refractivity contribution in [2.45, 2.75) is 31.1 Å². The average Bonchev–Trinajstić information content (AvgIpc) is 3.55. The summed E-state index contributed by atoms with van der Waals surface area (Å²) in [5, 5.41) is 3.29. The van der Waals surface area contributed by atoms with E-state index in [1.54, 1.807) is 19.2 Å². The number of ether oxygens (including phenoxy) is 1. The second kappa shape index (κ2) is 13.1. The highest BCUT2D eigenvalue weighted by Crippen LogP contribution is 2.47. The number of amidine groups is 1. The van der Waals surface area contributed by atoms with Gasteiger partial charge in [-0.15, -0.1) is 12.4 Å². The maximum absolute atomic E-state index is 14.2. The smallest absolute Gasteiger partial charge is 0.239 e. The van der Waals surface area contributed by atoms with Gasteiger partial charge in [0.15, 0.2) is 0 Å². The largest absolute Gasteiger partial charge is 0.496 e. The summed E-state index contributed by atoms with van der Waals surface area (Å²) >= 11 is 0. The van der Waals surface area contributed by atoms with Crippen LogP contribution >= 0.6 is 12.4 Å². The molecule has 10 heteroatoms. The minimum Gasteiger partial charge on any atom is -0.496 e. The highest BCUT2D eigenvalue weighted by molar-refractivity contribution is 7.92. The Bertz CT molecular complexity index is 1810. The zero-order valence-electron chi connectivity index (χ0n) is 24.4. The molecule has 0 radical (unpaired) electrons. The number of nitrogens with two attached hydrogens (primary N) is 1. The standard InChI is InChI=1S/C34H34N4O4S.ClH/c1-42-32-17-13-24(20-26(32)16-12-23-10-14-25(15-11-23)34-36-18-19-37-34)22-43(40,41)38-30-9-5-4-7-28(30)27-6-2-3-8-29(27)31(38)21-33(35)39;/h2-11,13-15,17,20,31H,12,16,18-19,21-22H2,1H3,(H2,35,39)(H,36,37);1H. The first-order valence-corrected chi connectivity index (χ1v) is 16.0. The third-order valence-corrected chi connectivity index (χ3v) is 9.76. The lowest BCUT2D eigenvalue weighted by atomic mass is 9.88. The number of benzene rings is 4. The number of nitrogens with one attached hydrogen (secondary N) is 1. The van der Waals surface area contributed by atoms with Gasteiger partial charge in [0.25, 0.3) is 0 Å². The molecule has 4 aromatic rings. The van der Waals surface area contributed by atoms with Gasteiger partial charge in [0.2, 0.25) is 15.9 Å². The van der Waals surface area contributed by atoms with Crippen LogP contribution in [0.4, 0.5) is 5.69 Å². The molecule has 0 saturated heterocycles. The van der Waals surface area contributed by atoms with E-state index in [1.165, 1.54) is 9.87 Å². The number of rotatable bonds is 10. The van der Waals surface area contributed by atoms with Crippen molar-refractivity contribution in [3.63, 3.8) is 0 Å². The molecule has 8 nitrogen and oxygen atoms in total. The number of carbonyl (C=O) groups is 1. The number of nitrogens with zero attached hydrogens (tertiary/aromatic N) is 2. The molecule has 2 aliphatic heterocycles. The van der Waals surface area contributed by atoms with Crippen LogP contribution in [-0.4, -0.2) is 40.4 Å². The van der Waals surface area contributed by atoms with Crippen LogP contribution in [0.1, 0.15) is 40.3 Å². The number of para-hydroxylation sites is 1. The molecule has 4 aromatic carbocycles. The fourth-order valence-corrected chi connectivity index (χ4v) is 7.82. The number of hydrogen-bond acceptors (Lipinski definition) is 6. The molecule has 0 aromatic heterocycles. The molecule has 1 amide bonds. The van der Waals surface area contributed by atoms with Crippen molar-refractivity contribution in [1.82, 2.24) is 5.32 Å². The first-order chi connectivity index (χ1) is 20.8. The summed E-state index contributed by atoms with van der Waals surface area (Å²) in [6, 6.07) is 28.1. The number of aliphatic imine (C=N–C) groups is 1. The first-order valence-electron chi connectivity index (χ1n) is 14.4. The van der Waals surface area contributed by atoms with Crippen LogP contribution in [0.25, 0.3) is 11.1 Å². The van der Waals surface area contributed by atoms with Gasteiger partial charge in [0.1, 0.15) is 11.6 Å². The summed E-state index contributed by atoms with van der Waals surface area (Å²) in [6.45, 7) is 1.67. The molecule has 2 aliphatic rings. The summed E-state index contributed by atoms with van der Waals surface area (Å²) in [5.41, 5.74) is 12.5. The Morgan fingerprint density at radius 1 is 0.955 bits per heavy atom. The fraction of sp³-hybridized carbons (Fsp3) is 0.235. The molecular weight excluding hydrogens is 596 g/mol. The Labute approximate surface area is 264 Å². The van der Waals surface area contributed by atoms with Gasteiger partial charge in [-0.05, 0) is 52.8 Å². The van der Waals surface area contributed by atoms with E-state index >= 15 is 0 Å². The number of primary amides is 1. The summed E-state index contributed by atoms with van der Waals surface area (Å²) in [6.07, 6.45) is 1.32. The van der Waals surface area contributed by atoms with Gasteiger partial charge >= 0.3 is 0 Å². The van der Waals surface area contributed by atoms with Crippen molar-refractivity contribution < 1.29 is 17.9 Å². The molecule has 2 heterocycles. The van der Waals surface area contributed by atoms with Gasteiger partial charge in [0.05, 0.1) is 37.6 Å². The lowest BCUT2D eigenvalue weighted by Gasteiger charge is -2.38. The van der Waals surface area contributed by atoms with Gasteiger partial charge in [-0.3, -0.25) is 14.1 Å². The maximum Gasteiger partial charge on any atom is 0.239 e. The summed E-state index contributed by atoms with van der Waals surface area (Å²) in [4.78, 5) is 16.7. The number of amides is 1. The van der Waals surface area contributed by atoms with E-state index in [4.69, 9.17) is 10.5 Å². The highest BCUT2D eigenvalue weighted by atomic mass is 35.5. The van der Waals surface area contributed by atoms with Gasteiger partial charge in [0, 0.05) is 17.7 Å². The van der Waals surface area contributed by atoms with E-state index in [9.17, 15) is 13.2 Å². The van der Waals surface area contributed by atoms with Crippen molar-refractivity contribution in [3.05, 3.63) is 119 Å². The minimum atomic E-state index is -3.94. The molecule has 0 bridgehead atoms. The van der Waals surface area contributed by atoms with Crippen LogP contribution in [0, 0.1) is 0 Å². The Balaban J connectivity index is 0.00000384. The Morgan fingerprint density at radius 2 is 1.66 bits per heavy atom. The van der Waals surface area contributed by atoms with Gasteiger partial charge in [-0.2, -0.15) is 0 Å². The molecule has 0 spiro atoms. The quantitative estimate of drug-likeness (QED) is 0.251. The minimum absolute atomic E-state index is 0. The molecule has 6 rings (SSSR count). The number of aryl methyl sites for hydroxylation is 2. The zero-order chi connectivity index (χ0) is 30.0. The van der Waals surface area contributed by atoms with Crippen molar-refractivity contribution in [2.24, 2.45) is 10.7 Å². The molecule has 0 saturated carbocycles. The van der Waals surface area contributed by atoms with E-state index in [0.717, 1.165) is 53.2 Å². The second-order valence-electron chi connectivity index (χ2n) is 10.8. The third kappa shape index (κ3) is 6.30. The molecule has 44 heavy (non-hydrogen) atoms. The predicted molar refractivity (Wildman–Crippen MR) is 177 cm³/mol. The van der Waals surface area contributed by atoms with Crippen molar-refractivity contribution in [2.75, 3.05) is 24.5 Å². The van der Waals surface area contributed by atoms with Crippen LogP contribution in [0.2, 0.25) is 0 Å². The number of carbonyl (C=O) groups excluding carboxylic acids is 1. The monoisotopic (exact) mass is 630 g/mol. The Morgan fingerprint density at radius 3 is 2.36 bits per heavy atom. The highest BCUT2D eigenvalue weighted by Gasteiger charge is 2.38. The van der Waals surface area contributed by atoms with E-state index in [2.05, 4.69) is 34.6 Å². The number of fused-ring (bicyclic) bond motifs is 3. The van der Waals surface area contributed by atoms with Crippen LogP contribution < -0.4 is 20.1 Å². The van der Waals surface area contributed by atoms with Gasteiger partial charge < -0.3 is 15.8 Å². The lowest BCUT2D eigenvalue weighted by Crippen LogP contribution is -2.40. The molecule has 0 aliphatic carbocycles. The summed E-state index contributed by atoms with van der Waals surface area (Å²) in [5.74, 6) is 0.845. The number of anilines is 1. The average molecular weight is 631 g/mol. The van der Waals surface area contributed by atoms with Crippen LogP contribution in [0.5, 0.6) is 5.75 Å². The van der Waals surface area contributed by atoms with E-state index < -0.39 is 22.0 Å². The van der Waals surface area contributed by atoms with E-state index in [1.807, 2.05) is 54.6 Å². The molecule has 3 N–H and O–H groups in total. The number of methoxy groups -OCH3 is 1. The fourth-order valence-electron chi connectivity index (χ4n) is 6.04. The van der Waals surface area contributed by atoms with Gasteiger partial charge in [-0.25, -0.2) is 8.42 Å². The van der Waals surface area contributed by atoms with Crippen LogP contribution in [-0.2, 0) is 33.4 Å². The maximum atomic E-state index is 14.2. The number of sulfonamides is 1. The predicted octanol–water partition coefficient (Wildman–Crippen LogP) is 5.19. The van der Waals surface area contributed by atoms with Crippen LogP contribution in [0.3, 0.4) is 0 Å². The first kappa shape index (κ1) is 31.1. The Kier molecular flexibility index (Phi) is 9.27. The summed E-state index contributed by atoms with van der Waals surface area (Å²) < 4.78 is 35.5. The zero-order valence-corrected chi connectivity index (χ0v) is 26.0. The van der Waals surface area contributed by atoms with Gasteiger partial charge in [-0.1, -0.05) is 78.9 Å². The second-order valence-corrected chi connectivity index (χ2v) is 12.7. The summed E-state index contributed by atoms with van der Waals surface area (Å²) in [7, 11) is -2.32. The van der Waals surface area contributed by atoms with Crippen LogP contribution in [0.15, 0.2) is 96.0 Å². The number of halogens is 1. The molecule has 1 atom stereocenters. The third-order valence-electron chi connectivity index (χ3n) is 8.01. The molecular formula is C34H35ClN4O4S. The normalized spacial score (nSPS) is 15.3. The molecule has 1 unspecified atom stereocenters. The van der Waals surface area contributed by atoms with Crippen molar-refractivity contribution in [3.8, 4) is 16.9 Å². The number of hydrogen-bond donors (Lipinski definition) is 2. The van der Waals surface area contributed by atoms with E-state index in [-0.39, 0.29) is 24.6 Å². The van der Waals surface area contributed by atoms with E-state index in [0.29, 0.717) is 23.4 Å². The SMILES string of the molecule is COc1ccc(CS(=O)(=O)N2c3ccccc3-c3ccccc3C2CC(N)=O)cc1CCc1ccc(C2=NCCN2)cc1.Cl. The lowest BCUT2D eigenvalue weighted by molar-refractivity contribution is -0.118. The van der Waals surface area contributed by atoms with Crippen molar-refractivity contribution in [1.29, 1.82) is 0 Å².